The number of imide groups is 1. The molecule has 0 spiro atoms. The molecule has 1 saturated heterocycles. The lowest BCUT2D eigenvalue weighted by molar-refractivity contribution is -0.174. The fraction of sp³-hybridized carbons (Fsp3) is 0.571. The van der Waals surface area contributed by atoms with Crippen LogP contribution in [0.15, 0.2) is 0 Å². The Morgan fingerprint density at radius 1 is 1.62 bits per heavy atom. The average Bonchev–Trinajstić information content (AvgIpc) is 2.22. The van der Waals surface area contributed by atoms with Crippen LogP contribution in [0.4, 0.5) is 9.18 Å². The summed E-state index contributed by atoms with van der Waals surface area (Å²) in [5.74, 6) is -3.28. The van der Waals surface area contributed by atoms with E-state index in [-0.39, 0.29) is 12.5 Å². The third-order valence-corrected chi connectivity index (χ3v) is 1.96. The number of ether oxygens (including phenoxy) is 1. The maximum absolute atomic E-state index is 13.9. The molecular weight excluding hydrogens is 247 g/mol. The fourth-order valence-corrected chi connectivity index (χ4v) is 1.10. The van der Waals surface area contributed by atoms with Gasteiger partial charge in [0.1, 0.15) is 6.61 Å². The first-order valence-corrected chi connectivity index (χ1v) is 4.68. The quantitative estimate of drug-likeness (QED) is 0.328. The van der Waals surface area contributed by atoms with Crippen LogP contribution in [-0.4, -0.2) is 47.4 Å². The number of carbonyl (C=O) groups is 3. The molecule has 16 heavy (non-hydrogen) atoms. The van der Waals surface area contributed by atoms with Gasteiger partial charge in [-0.2, -0.15) is 0 Å². The van der Waals surface area contributed by atoms with E-state index in [4.69, 9.17) is 16.7 Å². The lowest BCUT2D eigenvalue weighted by Gasteiger charge is -2.31. The summed E-state index contributed by atoms with van der Waals surface area (Å²) in [6.07, 6.45) is -2.29. The van der Waals surface area contributed by atoms with Crippen LogP contribution in [0.1, 0.15) is 0 Å². The van der Waals surface area contributed by atoms with Gasteiger partial charge in [0, 0.05) is 0 Å². The highest BCUT2D eigenvalue weighted by atomic mass is 35.5. The van der Waals surface area contributed by atoms with Crippen LogP contribution in [0.25, 0.3) is 0 Å². The zero-order chi connectivity index (χ0) is 12.3. The third kappa shape index (κ3) is 2.07. The Labute approximate surface area is 93.9 Å². The standard InChI is InChI=1S/C7H8ClFN2O5/c8-1-2-16-5(14)7(9)3(12)10-6(15)11-4(7)13/h3,12H,1-2H2,(H2,10,11,13,15). The van der Waals surface area contributed by atoms with Gasteiger partial charge in [0.25, 0.3) is 5.91 Å². The molecule has 3 N–H and O–H groups in total. The number of amides is 3. The van der Waals surface area contributed by atoms with Gasteiger partial charge in [0.15, 0.2) is 6.23 Å². The minimum atomic E-state index is -3.36. The van der Waals surface area contributed by atoms with E-state index < -0.39 is 29.8 Å². The minimum Gasteiger partial charge on any atom is -0.462 e. The van der Waals surface area contributed by atoms with E-state index in [9.17, 15) is 18.8 Å². The van der Waals surface area contributed by atoms with E-state index in [0.29, 0.717) is 0 Å². The molecule has 1 rings (SSSR count). The van der Waals surface area contributed by atoms with Gasteiger partial charge in [0.05, 0.1) is 5.88 Å². The predicted molar refractivity (Wildman–Crippen MR) is 48.2 cm³/mol. The van der Waals surface area contributed by atoms with E-state index in [1.807, 2.05) is 0 Å². The summed E-state index contributed by atoms with van der Waals surface area (Å²) in [6.45, 7) is -0.319. The number of rotatable bonds is 3. The number of carbonyl (C=O) groups excluding carboxylic acids is 3. The smallest absolute Gasteiger partial charge is 0.358 e. The molecule has 0 bridgehead atoms. The van der Waals surface area contributed by atoms with E-state index in [1.165, 1.54) is 5.32 Å². The summed E-state index contributed by atoms with van der Waals surface area (Å²) in [7, 11) is 0. The molecule has 0 aromatic carbocycles. The number of hydrogen-bond acceptors (Lipinski definition) is 5. The molecule has 2 unspecified atom stereocenters. The lowest BCUT2D eigenvalue weighted by atomic mass is 10.0. The first-order valence-electron chi connectivity index (χ1n) is 4.15. The molecule has 0 aliphatic carbocycles. The topological polar surface area (TPSA) is 105 Å². The molecule has 2 atom stereocenters. The highest BCUT2D eigenvalue weighted by molar-refractivity contribution is 6.18. The van der Waals surface area contributed by atoms with Crippen LogP contribution in [0.2, 0.25) is 0 Å². The number of halogens is 2. The maximum Gasteiger partial charge on any atom is 0.358 e. The van der Waals surface area contributed by atoms with E-state index in [1.54, 1.807) is 5.32 Å². The molecule has 0 saturated carbocycles. The first-order chi connectivity index (χ1) is 7.42. The van der Waals surface area contributed by atoms with Crippen molar-refractivity contribution in [3.05, 3.63) is 0 Å². The molecule has 1 heterocycles. The van der Waals surface area contributed by atoms with Gasteiger partial charge in [-0.3, -0.25) is 10.1 Å². The van der Waals surface area contributed by atoms with Gasteiger partial charge in [-0.25, -0.2) is 14.0 Å². The normalized spacial score (nSPS) is 29.3. The van der Waals surface area contributed by atoms with Crippen molar-refractivity contribution in [3.63, 3.8) is 0 Å². The Hall–Kier alpha value is -1.41. The molecule has 1 aliphatic rings. The Balaban J connectivity index is 2.84. The predicted octanol–water partition coefficient (Wildman–Crippen LogP) is -1.37. The monoisotopic (exact) mass is 254 g/mol. The lowest BCUT2D eigenvalue weighted by Crippen LogP contribution is -2.70. The number of aliphatic hydroxyl groups is 1. The Kier molecular flexibility index (Phi) is 3.66. The Bertz CT molecular complexity index is 339. The summed E-state index contributed by atoms with van der Waals surface area (Å²) >= 11 is 5.19. The molecule has 7 nitrogen and oxygen atoms in total. The zero-order valence-electron chi connectivity index (χ0n) is 7.83. The molecule has 0 radical (unpaired) electrons. The molecule has 0 aromatic rings. The van der Waals surface area contributed by atoms with Crippen molar-refractivity contribution >= 4 is 29.5 Å². The summed E-state index contributed by atoms with van der Waals surface area (Å²) < 4.78 is 18.1. The van der Waals surface area contributed by atoms with Crippen LogP contribution in [0.3, 0.4) is 0 Å². The van der Waals surface area contributed by atoms with Crippen molar-refractivity contribution < 1.29 is 28.6 Å². The van der Waals surface area contributed by atoms with Crippen molar-refractivity contribution in [2.24, 2.45) is 0 Å². The molecule has 1 fully saturated rings. The number of esters is 1. The van der Waals surface area contributed by atoms with Crippen LogP contribution in [-0.2, 0) is 14.3 Å². The van der Waals surface area contributed by atoms with Crippen molar-refractivity contribution in [2.75, 3.05) is 12.5 Å². The van der Waals surface area contributed by atoms with Crippen LogP contribution < -0.4 is 10.6 Å². The number of alkyl halides is 2. The van der Waals surface area contributed by atoms with Crippen molar-refractivity contribution in [1.82, 2.24) is 10.6 Å². The van der Waals surface area contributed by atoms with Crippen molar-refractivity contribution in [3.8, 4) is 0 Å². The van der Waals surface area contributed by atoms with E-state index in [2.05, 4.69) is 4.74 Å². The second-order valence-electron chi connectivity index (χ2n) is 2.87. The molecule has 9 heteroatoms. The number of urea groups is 1. The van der Waals surface area contributed by atoms with Crippen molar-refractivity contribution in [1.29, 1.82) is 0 Å². The highest BCUT2D eigenvalue weighted by Crippen LogP contribution is 2.20. The number of aliphatic hydroxyl groups excluding tert-OH is 1. The minimum absolute atomic E-state index is 0.0914. The van der Waals surface area contributed by atoms with Crippen LogP contribution >= 0.6 is 11.6 Å². The molecule has 1 aliphatic heterocycles. The highest BCUT2D eigenvalue weighted by Gasteiger charge is 2.58. The molecule has 3 amide bonds. The third-order valence-electron chi connectivity index (χ3n) is 1.81. The molecule has 0 aromatic heterocycles. The SMILES string of the molecule is O=C1NC(=O)C(F)(C(=O)OCCCl)C(O)N1. The average molecular weight is 255 g/mol. The van der Waals surface area contributed by atoms with Gasteiger partial charge in [-0.1, -0.05) is 0 Å². The summed E-state index contributed by atoms with van der Waals surface area (Å²) in [5, 5.41) is 12.3. The second kappa shape index (κ2) is 4.62. The fourth-order valence-electron chi connectivity index (χ4n) is 1.02. The second-order valence-corrected chi connectivity index (χ2v) is 3.24. The summed E-state index contributed by atoms with van der Waals surface area (Å²) in [6, 6.07) is -1.10. The first kappa shape index (κ1) is 12.7. The Morgan fingerprint density at radius 2 is 2.25 bits per heavy atom. The zero-order valence-corrected chi connectivity index (χ0v) is 8.58. The number of hydrogen-bond donors (Lipinski definition) is 3. The van der Waals surface area contributed by atoms with Crippen LogP contribution in [0, 0.1) is 0 Å². The summed E-state index contributed by atoms with van der Waals surface area (Å²) in [4.78, 5) is 32.9. The van der Waals surface area contributed by atoms with Gasteiger partial charge in [0.2, 0.25) is 0 Å². The Morgan fingerprint density at radius 3 is 2.75 bits per heavy atom. The largest absolute Gasteiger partial charge is 0.462 e. The van der Waals surface area contributed by atoms with E-state index >= 15 is 0 Å². The van der Waals surface area contributed by atoms with Gasteiger partial charge in [-0.05, 0) is 0 Å². The summed E-state index contributed by atoms with van der Waals surface area (Å²) in [5.41, 5.74) is -3.36. The van der Waals surface area contributed by atoms with Gasteiger partial charge in [-0.15, -0.1) is 11.6 Å². The van der Waals surface area contributed by atoms with Gasteiger partial charge < -0.3 is 15.2 Å². The van der Waals surface area contributed by atoms with Crippen molar-refractivity contribution in [2.45, 2.75) is 11.9 Å². The molecule has 90 valence electrons. The number of nitrogens with one attached hydrogen (secondary N) is 2. The van der Waals surface area contributed by atoms with E-state index in [0.717, 1.165) is 0 Å². The molecular formula is C7H8ClFN2O5. The maximum atomic E-state index is 13.9. The van der Waals surface area contributed by atoms with Gasteiger partial charge >= 0.3 is 17.7 Å². The van der Waals surface area contributed by atoms with Crippen LogP contribution in [0.5, 0.6) is 0 Å².